The van der Waals surface area contributed by atoms with E-state index in [9.17, 15) is 9.90 Å². The zero-order chi connectivity index (χ0) is 19.3. The third-order valence-corrected chi connectivity index (χ3v) is 5.41. The second-order valence-electron chi connectivity index (χ2n) is 8.82. The zero-order valence-corrected chi connectivity index (χ0v) is 17.7. The molecule has 1 aromatic rings. The molecule has 1 unspecified atom stereocenters. The predicted octanol–water partition coefficient (Wildman–Crippen LogP) is 3.60. The lowest BCUT2D eigenvalue weighted by Gasteiger charge is -2.23. The van der Waals surface area contributed by atoms with Gasteiger partial charge in [0.05, 0.1) is 18.2 Å². The molecule has 0 spiro atoms. The van der Waals surface area contributed by atoms with Gasteiger partial charge in [0, 0.05) is 20.9 Å². The van der Waals surface area contributed by atoms with Crippen LogP contribution in [0, 0.1) is 5.92 Å². The van der Waals surface area contributed by atoms with Gasteiger partial charge in [0.25, 0.3) is 0 Å². The molecule has 0 saturated carbocycles. The summed E-state index contributed by atoms with van der Waals surface area (Å²) in [4.78, 5) is 12.0. The molecule has 1 N–H and O–H groups in total. The van der Waals surface area contributed by atoms with Gasteiger partial charge in [-0.1, -0.05) is 26.6 Å². The summed E-state index contributed by atoms with van der Waals surface area (Å²) in [5.74, 6) is -0.580. The number of nitrogens with zero attached hydrogens (tertiary/aromatic N) is 2. The zero-order valence-electron chi connectivity index (χ0n) is 16.7. The Bertz CT molecular complexity index is 546. The summed E-state index contributed by atoms with van der Waals surface area (Å²) in [7, 11) is -1.13. The van der Waals surface area contributed by atoms with Gasteiger partial charge in [-0.3, -0.25) is 4.79 Å². The molecule has 0 fully saturated rings. The first-order valence-electron chi connectivity index (χ1n) is 8.88. The molecule has 0 bridgehead atoms. The summed E-state index contributed by atoms with van der Waals surface area (Å²) in [6.07, 6.45) is 0.997. The van der Waals surface area contributed by atoms with Crippen molar-refractivity contribution in [3.05, 3.63) is 18.0 Å². The Balaban J connectivity index is 2.57. The van der Waals surface area contributed by atoms with Gasteiger partial charge in [0.1, 0.15) is 12.3 Å². The second kappa shape index (κ2) is 8.96. The Morgan fingerprint density at radius 2 is 2.00 bits per heavy atom. The Kier molecular flexibility index (Phi) is 7.83. The van der Waals surface area contributed by atoms with Crippen molar-refractivity contribution in [3.8, 4) is 0 Å². The van der Waals surface area contributed by atoms with Gasteiger partial charge in [-0.05, 0) is 38.8 Å². The fraction of sp³-hybridized carbons (Fsp3) is 0.778. The van der Waals surface area contributed by atoms with E-state index in [-0.39, 0.29) is 18.3 Å². The maximum atomic E-state index is 12.0. The van der Waals surface area contributed by atoms with E-state index in [1.165, 1.54) is 0 Å². The highest BCUT2D eigenvalue weighted by molar-refractivity contribution is 6.76. The molecule has 25 heavy (non-hydrogen) atoms. The van der Waals surface area contributed by atoms with Crippen LogP contribution in [0.2, 0.25) is 25.7 Å². The number of aliphatic hydroxyl groups is 1. The third-order valence-electron chi connectivity index (χ3n) is 3.71. The maximum Gasteiger partial charge on any atom is 0.306 e. The van der Waals surface area contributed by atoms with Gasteiger partial charge in [-0.25, -0.2) is 4.68 Å². The number of rotatable bonds is 9. The van der Waals surface area contributed by atoms with Crippen LogP contribution in [0.1, 0.15) is 45.9 Å². The molecule has 0 saturated heterocycles. The highest BCUT2D eigenvalue weighted by atomic mass is 28.3. The first-order chi connectivity index (χ1) is 11.4. The van der Waals surface area contributed by atoms with Crippen molar-refractivity contribution in [1.29, 1.82) is 0 Å². The number of hydrogen-bond acceptors (Lipinski definition) is 5. The van der Waals surface area contributed by atoms with Crippen molar-refractivity contribution in [1.82, 2.24) is 9.78 Å². The van der Waals surface area contributed by atoms with Crippen LogP contribution in [-0.4, -0.2) is 41.1 Å². The molecule has 1 heterocycles. The summed E-state index contributed by atoms with van der Waals surface area (Å²) in [5, 5.41) is 14.8. The Morgan fingerprint density at radius 3 is 2.56 bits per heavy atom. The molecule has 0 aliphatic heterocycles. The van der Waals surface area contributed by atoms with E-state index in [0.717, 1.165) is 6.04 Å². The minimum Gasteiger partial charge on any atom is -0.460 e. The predicted molar refractivity (Wildman–Crippen MR) is 101 cm³/mol. The lowest BCUT2D eigenvalue weighted by molar-refractivity contribution is -0.156. The largest absolute Gasteiger partial charge is 0.460 e. The van der Waals surface area contributed by atoms with Crippen LogP contribution in [0.5, 0.6) is 0 Å². The molecule has 0 radical (unpaired) electrons. The Hall–Kier alpha value is -1.18. The van der Waals surface area contributed by atoms with E-state index in [2.05, 4.69) is 24.7 Å². The van der Waals surface area contributed by atoms with E-state index >= 15 is 0 Å². The highest BCUT2D eigenvalue weighted by Gasteiger charge is 2.25. The van der Waals surface area contributed by atoms with Crippen molar-refractivity contribution < 1.29 is 19.4 Å². The lowest BCUT2D eigenvalue weighted by Crippen LogP contribution is -2.26. The van der Waals surface area contributed by atoms with Crippen LogP contribution in [0.4, 0.5) is 0 Å². The minimum absolute atomic E-state index is 0.153. The summed E-state index contributed by atoms with van der Waals surface area (Å²) in [6, 6.07) is 2.85. The highest BCUT2D eigenvalue weighted by Crippen LogP contribution is 2.25. The van der Waals surface area contributed by atoms with Gasteiger partial charge in [0.2, 0.25) is 0 Å². The van der Waals surface area contributed by atoms with Gasteiger partial charge in [-0.15, -0.1) is 0 Å². The quantitative estimate of drug-likeness (QED) is 0.408. The van der Waals surface area contributed by atoms with Crippen molar-refractivity contribution in [2.75, 3.05) is 6.61 Å². The molecule has 0 amide bonds. The monoisotopic (exact) mass is 370 g/mol. The van der Waals surface area contributed by atoms with Crippen LogP contribution in [0.3, 0.4) is 0 Å². The topological polar surface area (TPSA) is 73.6 Å². The third kappa shape index (κ3) is 8.65. The molecule has 2 atom stereocenters. The summed E-state index contributed by atoms with van der Waals surface area (Å²) >= 11 is 0. The lowest BCUT2D eigenvalue weighted by atomic mass is 9.98. The first-order valence-corrected chi connectivity index (χ1v) is 12.6. The van der Waals surface area contributed by atoms with Crippen molar-refractivity contribution in [3.63, 3.8) is 0 Å². The fourth-order valence-electron chi connectivity index (χ4n) is 2.28. The molecule has 0 aliphatic rings. The maximum absolute atomic E-state index is 12.0. The molecular formula is C18H34N2O4Si. The van der Waals surface area contributed by atoms with Crippen molar-refractivity contribution in [2.24, 2.45) is 5.92 Å². The number of carbonyl (C=O) groups is 1. The standard InChI is InChI=1S/C18H34N2O4Si/c1-14(12-16(21)24-18(2,3)4)17(22)15-8-9-19-20(15)13-23-10-11-25(5,6)7/h8-9,14,17,22H,10-13H2,1-7H3/t14-,17?/m1/s1. The molecule has 0 aromatic carbocycles. The van der Waals surface area contributed by atoms with Crippen molar-refractivity contribution >= 4 is 14.0 Å². The second-order valence-corrected chi connectivity index (χ2v) is 14.4. The van der Waals surface area contributed by atoms with E-state index in [0.29, 0.717) is 19.0 Å². The van der Waals surface area contributed by atoms with Crippen molar-refractivity contribution in [2.45, 2.75) is 78.2 Å². The summed E-state index contributed by atoms with van der Waals surface area (Å²) in [6.45, 7) is 15.2. The summed E-state index contributed by atoms with van der Waals surface area (Å²) < 4.78 is 12.7. The first kappa shape index (κ1) is 21.9. The van der Waals surface area contributed by atoms with E-state index in [1.54, 1.807) is 16.9 Å². The van der Waals surface area contributed by atoms with Crippen LogP contribution in [-0.2, 0) is 21.0 Å². The number of aromatic nitrogens is 2. The van der Waals surface area contributed by atoms with Gasteiger partial charge in [0.15, 0.2) is 0 Å². The number of hydrogen-bond donors (Lipinski definition) is 1. The smallest absolute Gasteiger partial charge is 0.306 e. The SMILES string of the molecule is C[C@H](CC(=O)OC(C)(C)C)C(O)c1ccnn1COCC[Si](C)(C)C. The van der Waals surface area contributed by atoms with E-state index in [1.807, 2.05) is 27.7 Å². The van der Waals surface area contributed by atoms with Gasteiger partial charge < -0.3 is 14.6 Å². The molecule has 7 heteroatoms. The molecule has 1 aromatic heterocycles. The Morgan fingerprint density at radius 1 is 1.36 bits per heavy atom. The average molecular weight is 371 g/mol. The molecule has 0 aliphatic carbocycles. The fourth-order valence-corrected chi connectivity index (χ4v) is 3.04. The molecular weight excluding hydrogens is 336 g/mol. The van der Waals surface area contributed by atoms with Crippen LogP contribution >= 0.6 is 0 Å². The Labute approximate surface area is 152 Å². The van der Waals surface area contributed by atoms with Crippen LogP contribution in [0.25, 0.3) is 0 Å². The minimum atomic E-state index is -1.13. The number of aliphatic hydroxyl groups excluding tert-OH is 1. The molecule has 144 valence electrons. The molecule has 1 rings (SSSR count). The number of ether oxygens (including phenoxy) is 2. The summed E-state index contributed by atoms with van der Waals surface area (Å²) in [5.41, 5.74) is 0.136. The van der Waals surface area contributed by atoms with Crippen LogP contribution in [0.15, 0.2) is 12.3 Å². The number of carbonyl (C=O) groups excluding carboxylic acids is 1. The molecule has 6 nitrogen and oxygen atoms in total. The van der Waals surface area contributed by atoms with Gasteiger partial charge >= 0.3 is 5.97 Å². The average Bonchev–Trinajstić information content (AvgIpc) is 2.87. The van der Waals surface area contributed by atoms with Gasteiger partial charge in [-0.2, -0.15) is 5.10 Å². The number of esters is 1. The van der Waals surface area contributed by atoms with E-state index < -0.39 is 19.8 Å². The normalized spacial score (nSPS) is 15.0. The van der Waals surface area contributed by atoms with E-state index in [4.69, 9.17) is 9.47 Å². The van der Waals surface area contributed by atoms with Crippen LogP contribution < -0.4 is 0 Å².